The summed E-state index contributed by atoms with van der Waals surface area (Å²) in [5.41, 5.74) is 6.25. The van der Waals surface area contributed by atoms with E-state index >= 15 is 0 Å². The molecule has 1 aromatic carbocycles. The summed E-state index contributed by atoms with van der Waals surface area (Å²) in [6.07, 6.45) is 1.43. The highest BCUT2D eigenvalue weighted by molar-refractivity contribution is 5.51. The Morgan fingerprint density at radius 3 is 2.95 bits per heavy atom. The van der Waals surface area contributed by atoms with Gasteiger partial charge in [-0.25, -0.2) is 4.98 Å². The number of nitriles is 1. The Morgan fingerprint density at radius 2 is 2.11 bits per heavy atom. The Balaban J connectivity index is 1.92. The van der Waals surface area contributed by atoms with Crippen LogP contribution < -0.4 is 19.9 Å². The lowest BCUT2D eigenvalue weighted by atomic mass is 10.2. The second-order valence-corrected chi connectivity index (χ2v) is 3.85. The molecule has 94 valence electrons. The molecular formula is C13H9N3O3. The summed E-state index contributed by atoms with van der Waals surface area (Å²) >= 11 is 0. The number of anilines is 1. The molecule has 3 rings (SSSR count). The summed E-state index contributed by atoms with van der Waals surface area (Å²) in [6.45, 7) is 0.197. The van der Waals surface area contributed by atoms with Crippen LogP contribution in [0.15, 0.2) is 30.5 Å². The van der Waals surface area contributed by atoms with Crippen molar-refractivity contribution in [1.82, 2.24) is 4.98 Å². The standard InChI is InChI=1S/C13H9N3O3/c14-5-8-3-9(15)6-16-13(8)19-10-1-2-11-12(4-10)18-7-17-11/h1-4,6H,7,15H2. The molecule has 0 radical (unpaired) electrons. The summed E-state index contributed by atoms with van der Waals surface area (Å²) in [4.78, 5) is 4.00. The number of nitrogen functional groups attached to an aromatic ring is 1. The van der Waals surface area contributed by atoms with E-state index in [-0.39, 0.29) is 18.2 Å². The van der Waals surface area contributed by atoms with Gasteiger partial charge in [-0.1, -0.05) is 0 Å². The van der Waals surface area contributed by atoms with Gasteiger partial charge < -0.3 is 19.9 Å². The number of hydrogen-bond acceptors (Lipinski definition) is 6. The largest absolute Gasteiger partial charge is 0.454 e. The van der Waals surface area contributed by atoms with Gasteiger partial charge in [-0.15, -0.1) is 0 Å². The minimum Gasteiger partial charge on any atom is -0.454 e. The van der Waals surface area contributed by atoms with Gasteiger partial charge in [0.05, 0.1) is 11.9 Å². The number of nitrogens with two attached hydrogens (primary N) is 1. The van der Waals surface area contributed by atoms with Crippen LogP contribution in [-0.2, 0) is 0 Å². The Bertz CT molecular complexity index is 679. The molecule has 19 heavy (non-hydrogen) atoms. The van der Waals surface area contributed by atoms with Crippen molar-refractivity contribution >= 4 is 5.69 Å². The number of benzene rings is 1. The number of rotatable bonds is 2. The highest BCUT2D eigenvalue weighted by Gasteiger charge is 2.15. The molecule has 0 fully saturated rings. The molecule has 0 spiro atoms. The molecule has 0 atom stereocenters. The molecule has 2 heterocycles. The van der Waals surface area contributed by atoms with Crippen LogP contribution in [0.25, 0.3) is 0 Å². The highest BCUT2D eigenvalue weighted by Crippen LogP contribution is 2.36. The molecule has 0 saturated heterocycles. The maximum absolute atomic E-state index is 9.01. The van der Waals surface area contributed by atoms with E-state index in [9.17, 15) is 0 Å². The summed E-state index contributed by atoms with van der Waals surface area (Å²) in [7, 11) is 0. The molecule has 6 heteroatoms. The second kappa shape index (κ2) is 4.38. The molecule has 2 N–H and O–H groups in total. The van der Waals surface area contributed by atoms with E-state index in [0.29, 0.717) is 22.9 Å². The molecule has 2 aromatic rings. The monoisotopic (exact) mass is 255 g/mol. The van der Waals surface area contributed by atoms with E-state index in [0.717, 1.165) is 0 Å². The number of hydrogen-bond donors (Lipinski definition) is 1. The first-order valence-corrected chi connectivity index (χ1v) is 5.49. The first-order chi connectivity index (χ1) is 9.26. The third kappa shape index (κ3) is 2.09. The Kier molecular flexibility index (Phi) is 2.58. The Hall–Kier alpha value is -2.94. The van der Waals surface area contributed by atoms with Crippen LogP contribution in [0, 0.1) is 11.3 Å². The van der Waals surface area contributed by atoms with E-state index in [2.05, 4.69) is 4.98 Å². The first kappa shape index (κ1) is 11.2. The minimum absolute atomic E-state index is 0.197. The summed E-state index contributed by atoms with van der Waals surface area (Å²) < 4.78 is 16.0. The lowest BCUT2D eigenvalue weighted by Crippen LogP contribution is -1.95. The number of pyridine rings is 1. The molecule has 0 aliphatic carbocycles. The van der Waals surface area contributed by atoms with Crippen LogP contribution in [0.3, 0.4) is 0 Å². The summed E-state index contributed by atoms with van der Waals surface area (Å²) in [6, 6.07) is 8.63. The molecule has 1 aromatic heterocycles. The van der Waals surface area contributed by atoms with Crippen LogP contribution in [0.1, 0.15) is 5.56 Å². The molecule has 0 amide bonds. The molecule has 6 nitrogen and oxygen atoms in total. The molecule has 1 aliphatic heterocycles. The maximum atomic E-state index is 9.01. The maximum Gasteiger partial charge on any atom is 0.237 e. The van der Waals surface area contributed by atoms with E-state index in [1.165, 1.54) is 12.3 Å². The van der Waals surface area contributed by atoms with Crippen molar-refractivity contribution in [3.63, 3.8) is 0 Å². The fraction of sp³-hybridized carbons (Fsp3) is 0.0769. The average Bonchev–Trinajstić information content (AvgIpc) is 2.88. The van der Waals surface area contributed by atoms with Gasteiger partial charge in [0, 0.05) is 6.07 Å². The van der Waals surface area contributed by atoms with Gasteiger partial charge in [-0.3, -0.25) is 0 Å². The summed E-state index contributed by atoms with van der Waals surface area (Å²) in [5, 5.41) is 9.01. The number of aromatic nitrogens is 1. The zero-order chi connectivity index (χ0) is 13.2. The Morgan fingerprint density at radius 1 is 1.26 bits per heavy atom. The predicted octanol–water partition coefficient (Wildman–Crippen LogP) is 2.06. The van der Waals surface area contributed by atoms with E-state index in [1.54, 1.807) is 18.2 Å². The van der Waals surface area contributed by atoms with Crippen LogP contribution in [0.4, 0.5) is 5.69 Å². The SMILES string of the molecule is N#Cc1cc(N)cnc1Oc1ccc2c(c1)OCO2. The van der Waals surface area contributed by atoms with Crippen molar-refractivity contribution in [3.05, 3.63) is 36.0 Å². The number of ether oxygens (including phenoxy) is 3. The normalized spacial score (nSPS) is 11.9. The molecule has 0 bridgehead atoms. The predicted molar refractivity (Wildman–Crippen MR) is 66.0 cm³/mol. The quantitative estimate of drug-likeness (QED) is 0.883. The van der Waals surface area contributed by atoms with Gasteiger partial charge in [0.1, 0.15) is 17.4 Å². The van der Waals surface area contributed by atoms with E-state index in [1.807, 2.05) is 6.07 Å². The molecule has 1 aliphatic rings. The smallest absolute Gasteiger partial charge is 0.237 e. The van der Waals surface area contributed by atoms with E-state index < -0.39 is 0 Å². The van der Waals surface area contributed by atoms with Crippen LogP contribution in [0.5, 0.6) is 23.1 Å². The molecular weight excluding hydrogens is 246 g/mol. The Labute approximate surface area is 109 Å². The topological polar surface area (TPSA) is 90.4 Å². The lowest BCUT2D eigenvalue weighted by molar-refractivity contribution is 0.174. The fourth-order valence-corrected chi connectivity index (χ4v) is 1.68. The van der Waals surface area contributed by atoms with E-state index in [4.69, 9.17) is 25.2 Å². The van der Waals surface area contributed by atoms with Crippen molar-refractivity contribution in [2.24, 2.45) is 0 Å². The fourth-order valence-electron chi connectivity index (χ4n) is 1.68. The highest BCUT2D eigenvalue weighted by atomic mass is 16.7. The second-order valence-electron chi connectivity index (χ2n) is 3.85. The van der Waals surface area contributed by atoms with Crippen molar-refractivity contribution in [2.75, 3.05) is 12.5 Å². The molecule has 0 unspecified atom stereocenters. The van der Waals surface area contributed by atoms with Crippen LogP contribution in [-0.4, -0.2) is 11.8 Å². The van der Waals surface area contributed by atoms with Gasteiger partial charge >= 0.3 is 0 Å². The van der Waals surface area contributed by atoms with Gasteiger partial charge in [-0.05, 0) is 18.2 Å². The zero-order valence-electron chi connectivity index (χ0n) is 9.79. The first-order valence-electron chi connectivity index (χ1n) is 5.49. The number of fused-ring (bicyclic) bond motifs is 1. The van der Waals surface area contributed by atoms with Crippen LogP contribution >= 0.6 is 0 Å². The minimum atomic E-state index is 0.197. The third-order valence-corrected chi connectivity index (χ3v) is 2.55. The van der Waals surface area contributed by atoms with Crippen molar-refractivity contribution in [1.29, 1.82) is 5.26 Å². The molecule has 0 saturated carbocycles. The summed E-state index contributed by atoms with van der Waals surface area (Å²) in [5.74, 6) is 1.98. The van der Waals surface area contributed by atoms with Crippen molar-refractivity contribution in [2.45, 2.75) is 0 Å². The van der Waals surface area contributed by atoms with Gasteiger partial charge in [-0.2, -0.15) is 5.26 Å². The van der Waals surface area contributed by atoms with Gasteiger partial charge in [0.25, 0.3) is 0 Å². The number of nitrogens with zero attached hydrogens (tertiary/aromatic N) is 2. The van der Waals surface area contributed by atoms with Gasteiger partial charge in [0.2, 0.25) is 12.7 Å². The van der Waals surface area contributed by atoms with Crippen molar-refractivity contribution in [3.8, 4) is 29.2 Å². The lowest BCUT2D eigenvalue weighted by Gasteiger charge is -2.07. The third-order valence-electron chi connectivity index (χ3n) is 2.55. The zero-order valence-corrected chi connectivity index (χ0v) is 9.79. The van der Waals surface area contributed by atoms with Crippen molar-refractivity contribution < 1.29 is 14.2 Å². The van der Waals surface area contributed by atoms with Crippen LogP contribution in [0.2, 0.25) is 0 Å². The van der Waals surface area contributed by atoms with Gasteiger partial charge in [0.15, 0.2) is 11.5 Å². The average molecular weight is 255 g/mol.